The Morgan fingerprint density at radius 3 is 2.89 bits per heavy atom. The summed E-state index contributed by atoms with van der Waals surface area (Å²) < 4.78 is -0.536. The number of hydrogen-bond acceptors (Lipinski definition) is 3. The van der Waals surface area contributed by atoms with Crippen LogP contribution in [0.5, 0.6) is 0 Å². The Morgan fingerprint density at radius 2 is 2.28 bits per heavy atom. The zero-order valence-corrected chi connectivity index (χ0v) is 11.9. The Labute approximate surface area is 114 Å². The summed E-state index contributed by atoms with van der Waals surface area (Å²) in [5.74, 6) is 0.0816. The van der Waals surface area contributed by atoms with Crippen LogP contribution in [0.1, 0.15) is 29.8 Å². The highest BCUT2D eigenvalue weighted by molar-refractivity contribution is 9.10. The molecule has 1 aromatic carbocycles. The van der Waals surface area contributed by atoms with E-state index in [2.05, 4.69) is 15.9 Å². The number of rotatable bonds is 4. The van der Waals surface area contributed by atoms with Gasteiger partial charge in [0.1, 0.15) is 0 Å². The Hall–Kier alpha value is -1.20. The van der Waals surface area contributed by atoms with E-state index < -0.39 is 4.32 Å². The van der Waals surface area contributed by atoms with Crippen molar-refractivity contribution in [3.63, 3.8) is 0 Å². The van der Waals surface area contributed by atoms with Crippen LogP contribution >= 0.6 is 15.9 Å². The Kier molecular flexibility index (Phi) is 3.54. The second-order valence-corrected chi connectivity index (χ2v) is 6.14. The number of ketones is 1. The fourth-order valence-corrected chi connectivity index (χ4v) is 2.62. The SMILES string of the molecule is CCON(C=O)c1ccc2c(c1)CC(C)(Br)C2=O. The van der Waals surface area contributed by atoms with Crippen molar-refractivity contribution in [2.75, 3.05) is 11.7 Å². The molecule has 0 saturated heterocycles. The summed E-state index contributed by atoms with van der Waals surface area (Å²) in [5, 5.41) is 1.18. The molecule has 0 spiro atoms. The molecule has 1 amide bonds. The Balaban J connectivity index is 2.36. The van der Waals surface area contributed by atoms with Crippen LogP contribution in [-0.4, -0.2) is 23.1 Å². The summed E-state index contributed by atoms with van der Waals surface area (Å²) in [6, 6.07) is 5.29. The molecule has 0 bridgehead atoms. The molecule has 0 radical (unpaired) electrons. The van der Waals surface area contributed by atoms with Crippen LogP contribution in [-0.2, 0) is 16.1 Å². The van der Waals surface area contributed by atoms with E-state index in [-0.39, 0.29) is 5.78 Å². The molecule has 0 fully saturated rings. The number of nitrogens with zero attached hydrogens (tertiary/aromatic N) is 1. The highest BCUT2D eigenvalue weighted by atomic mass is 79.9. The van der Waals surface area contributed by atoms with E-state index in [1.807, 2.05) is 19.9 Å². The highest BCUT2D eigenvalue weighted by Gasteiger charge is 2.39. The molecule has 2 rings (SSSR count). The topological polar surface area (TPSA) is 46.6 Å². The van der Waals surface area contributed by atoms with Gasteiger partial charge < -0.3 is 0 Å². The van der Waals surface area contributed by atoms with Crippen LogP contribution < -0.4 is 5.06 Å². The van der Waals surface area contributed by atoms with Gasteiger partial charge in [-0.15, -0.1) is 0 Å². The minimum absolute atomic E-state index is 0.0816. The average molecular weight is 312 g/mol. The number of amides is 1. The summed E-state index contributed by atoms with van der Waals surface area (Å²) in [5.41, 5.74) is 2.28. The number of halogens is 1. The van der Waals surface area contributed by atoms with Crippen molar-refractivity contribution >= 4 is 33.8 Å². The molecule has 18 heavy (non-hydrogen) atoms. The maximum Gasteiger partial charge on any atom is 0.238 e. The molecule has 0 heterocycles. The molecule has 0 aromatic heterocycles. The van der Waals surface area contributed by atoms with Crippen LogP contribution in [0.3, 0.4) is 0 Å². The first-order valence-electron chi connectivity index (χ1n) is 5.73. The molecule has 0 saturated carbocycles. The van der Waals surface area contributed by atoms with Crippen molar-refractivity contribution in [3.8, 4) is 0 Å². The van der Waals surface area contributed by atoms with Crippen molar-refractivity contribution in [3.05, 3.63) is 29.3 Å². The quantitative estimate of drug-likeness (QED) is 0.487. The van der Waals surface area contributed by atoms with Gasteiger partial charge in [0.2, 0.25) is 6.41 Å². The third-order valence-corrected chi connectivity index (χ3v) is 3.59. The molecule has 1 aromatic rings. The molecule has 0 N–H and O–H groups in total. The van der Waals surface area contributed by atoms with Crippen molar-refractivity contribution < 1.29 is 14.4 Å². The van der Waals surface area contributed by atoms with Crippen LogP contribution in [0, 0.1) is 0 Å². The monoisotopic (exact) mass is 311 g/mol. The Bertz CT molecular complexity index is 499. The van der Waals surface area contributed by atoms with E-state index in [1.165, 1.54) is 5.06 Å². The van der Waals surface area contributed by atoms with Crippen LogP contribution in [0.25, 0.3) is 0 Å². The standard InChI is InChI=1S/C13H14BrNO3/c1-3-18-15(8-16)10-4-5-11-9(6-10)7-13(2,14)12(11)17/h4-6,8H,3,7H2,1-2H3. The first-order valence-corrected chi connectivity index (χ1v) is 6.53. The smallest absolute Gasteiger partial charge is 0.238 e. The summed E-state index contributed by atoms with van der Waals surface area (Å²) >= 11 is 3.43. The number of anilines is 1. The maximum atomic E-state index is 12.0. The fourth-order valence-electron chi connectivity index (χ4n) is 2.11. The lowest BCUT2D eigenvalue weighted by molar-refractivity contribution is -0.113. The number of Topliss-reactive ketones (excluding diaryl/α,β-unsaturated/α-hetero) is 1. The summed E-state index contributed by atoms with van der Waals surface area (Å²) in [7, 11) is 0. The number of fused-ring (bicyclic) bond motifs is 1. The highest BCUT2D eigenvalue weighted by Crippen LogP contribution is 2.37. The van der Waals surface area contributed by atoms with Crippen LogP contribution in [0.2, 0.25) is 0 Å². The lowest BCUT2D eigenvalue weighted by atomic mass is 10.1. The predicted octanol–water partition coefficient (Wildman–Crippen LogP) is 2.49. The van der Waals surface area contributed by atoms with Gasteiger partial charge in [0.15, 0.2) is 5.78 Å². The van der Waals surface area contributed by atoms with Crippen LogP contribution in [0.4, 0.5) is 5.69 Å². The molecule has 5 heteroatoms. The van der Waals surface area contributed by atoms with Crippen molar-refractivity contribution in [1.29, 1.82) is 0 Å². The lowest BCUT2D eigenvalue weighted by Crippen LogP contribution is -2.23. The van der Waals surface area contributed by atoms with Gasteiger partial charge in [0.05, 0.1) is 16.6 Å². The largest absolute Gasteiger partial charge is 0.293 e. The summed E-state index contributed by atoms with van der Waals surface area (Å²) in [4.78, 5) is 28.1. The van der Waals surface area contributed by atoms with Gasteiger partial charge in [-0.25, -0.2) is 0 Å². The minimum Gasteiger partial charge on any atom is -0.293 e. The number of hydrogen-bond donors (Lipinski definition) is 0. The van der Waals surface area contributed by atoms with Gasteiger partial charge >= 0.3 is 0 Å². The lowest BCUT2D eigenvalue weighted by Gasteiger charge is -2.16. The van der Waals surface area contributed by atoms with Gasteiger partial charge in [-0.2, -0.15) is 5.06 Å². The molecule has 1 unspecified atom stereocenters. The van der Waals surface area contributed by atoms with Crippen LogP contribution in [0.15, 0.2) is 18.2 Å². The summed E-state index contributed by atoms with van der Waals surface area (Å²) in [6.45, 7) is 4.07. The van der Waals surface area contributed by atoms with Crippen molar-refractivity contribution in [2.45, 2.75) is 24.6 Å². The third kappa shape index (κ3) is 2.20. The molecule has 0 aliphatic heterocycles. The second kappa shape index (κ2) is 4.82. The minimum atomic E-state index is -0.536. The van der Waals surface area contributed by atoms with Gasteiger partial charge in [-0.3, -0.25) is 14.4 Å². The van der Waals surface area contributed by atoms with E-state index in [9.17, 15) is 9.59 Å². The number of hydroxylamine groups is 1. The molecule has 1 atom stereocenters. The van der Waals surface area contributed by atoms with Gasteiger partial charge in [0, 0.05) is 5.56 Å². The molecule has 96 valence electrons. The first kappa shape index (κ1) is 13.2. The summed E-state index contributed by atoms with van der Waals surface area (Å²) in [6.07, 6.45) is 1.24. The Morgan fingerprint density at radius 1 is 1.56 bits per heavy atom. The molecular weight excluding hydrogens is 298 g/mol. The molecule has 1 aliphatic rings. The van der Waals surface area contributed by atoms with Crippen molar-refractivity contribution in [2.24, 2.45) is 0 Å². The zero-order chi connectivity index (χ0) is 13.3. The zero-order valence-electron chi connectivity index (χ0n) is 10.3. The molecule has 1 aliphatic carbocycles. The number of carbonyl (C=O) groups is 2. The van der Waals surface area contributed by atoms with Gasteiger partial charge in [0.25, 0.3) is 0 Å². The predicted molar refractivity (Wildman–Crippen MR) is 72.0 cm³/mol. The van der Waals surface area contributed by atoms with E-state index in [1.54, 1.807) is 12.1 Å². The van der Waals surface area contributed by atoms with E-state index in [0.29, 0.717) is 30.7 Å². The maximum absolute atomic E-state index is 12.0. The number of alkyl halides is 1. The number of carbonyl (C=O) groups excluding carboxylic acids is 2. The number of benzene rings is 1. The fraction of sp³-hybridized carbons (Fsp3) is 0.385. The van der Waals surface area contributed by atoms with Gasteiger partial charge in [-0.1, -0.05) is 15.9 Å². The van der Waals surface area contributed by atoms with Crippen molar-refractivity contribution in [1.82, 2.24) is 0 Å². The molecule has 4 nitrogen and oxygen atoms in total. The van der Waals surface area contributed by atoms with E-state index in [0.717, 1.165) is 5.56 Å². The van der Waals surface area contributed by atoms with E-state index in [4.69, 9.17) is 4.84 Å². The second-order valence-electron chi connectivity index (χ2n) is 4.39. The molecular formula is C13H14BrNO3. The first-order chi connectivity index (χ1) is 8.49. The van der Waals surface area contributed by atoms with E-state index >= 15 is 0 Å². The average Bonchev–Trinajstić information content (AvgIpc) is 2.56. The normalized spacial score (nSPS) is 21.8. The van der Waals surface area contributed by atoms with Gasteiger partial charge in [-0.05, 0) is 44.0 Å². The third-order valence-electron chi connectivity index (χ3n) is 2.95.